The van der Waals surface area contributed by atoms with Crippen LogP contribution in [0.3, 0.4) is 0 Å². The van der Waals surface area contributed by atoms with Gasteiger partial charge in [-0.1, -0.05) is 36.4 Å². The number of hydrogen-bond acceptors (Lipinski definition) is 4. The number of aromatic hydroxyl groups is 1. The quantitative estimate of drug-likeness (QED) is 0.810. The lowest BCUT2D eigenvalue weighted by Gasteiger charge is -2.38. The number of para-hydroxylation sites is 2. The van der Waals surface area contributed by atoms with E-state index < -0.39 is 0 Å². The van der Waals surface area contributed by atoms with Gasteiger partial charge in [0, 0.05) is 25.6 Å². The van der Waals surface area contributed by atoms with E-state index in [1.165, 1.54) is 0 Å². The summed E-state index contributed by atoms with van der Waals surface area (Å²) in [6.45, 7) is 0. The predicted octanol–water partition coefficient (Wildman–Crippen LogP) is 3.93. The molecule has 3 unspecified atom stereocenters. The molecule has 1 aliphatic heterocycles. The monoisotopic (exact) mass is 364 g/mol. The molecule has 2 aromatic rings. The number of anilines is 1. The van der Waals surface area contributed by atoms with Crippen LogP contribution in [0, 0.1) is 5.92 Å². The number of benzene rings is 2. The van der Waals surface area contributed by atoms with Gasteiger partial charge in [0.15, 0.2) is 11.5 Å². The van der Waals surface area contributed by atoms with Crippen molar-refractivity contribution >= 4 is 11.6 Å². The van der Waals surface area contributed by atoms with Gasteiger partial charge >= 0.3 is 0 Å². The van der Waals surface area contributed by atoms with Crippen molar-refractivity contribution in [2.75, 3.05) is 26.5 Å². The lowest BCUT2D eigenvalue weighted by Crippen LogP contribution is -2.32. The first-order chi connectivity index (χ1) is 13.0. The summed E-state index contributed by atoms with van der Waals surface area (Å²) in [5, 5.41) is 14.3. The molecule has 5 heteroatoms. The van der Waals surface area contributed by atoms with Gasteiger partial charge < -0.3 is 20.1 Å². The molecule has 0 saturated carbocycles. The summed E-state index contributed by atoms with van der Waals surface area (Å²) in [5.74, 6) is 1.07. The largest absolute Gasteiger partial charge is 0.504 e. The first-order valence-electron chi connectivity index (χ1n) is 9.16. The third kappa shape index (κ3) is 2.74. The molecule has 27 heavy (non-hydrogen) atoms. The molecule has 0 spiro atoms. The lowest BCUT2D eigenvalue weighted by atomic mass is 9.76. The van der Waals surface area contributed by atoms with Crippen LogP contribution >= 0.6 is 0 Å². The van der Waals surface area contributed by atoms with Crippen LogP contribution in [-0.2, 0) is 0 Å². The number of carbonyl (C=O) groups is 1. The van der Waals surface area contributed by atoms with Gasteiger partial charge in [0.2, 0.25) is 0 Å². The van der Waals surface area contributed by atoms with Crippen LogP contribution in [0.2, 0.25) is 0 Å². The van der Waals surface area contributed by atoms with Crippen molar-refractivity contribution in [3.05, 3.63) is 65.2 Å². The third-order valence-corrected chi connectivity index (χ3v) is 5.62. The first-order valence-corrected chi connectivity index (χ1v) is 9.16. The molecule has 0 saturated heterocycles. The number of carbonyl (C=O) groups excluding carboxylic acids is 1. The van der Waals surface area contributed by atoms with Crippen molar-refractivity contribution in [3.63, 3.8) is 0 Å². The lowest BCUT2D eigenvalue weighted by molar-refractivity contribution is 0.0828. The molecule has 0 fully saturated rings. The second-order valence-electron chi connectivity index (χ2n) is 7.34. The summed E-state index contributed by atoms with van der Waals surface area (Å²) in [6.07, 6.45) is 5.33. The third-order valence-electron chi connectivity index (χ3n) is 5.62. The molecule has 140 valence electrons. The zero-order valence-corrected chi connectivity index (χ0v) is 15.8. The number of allylic oxidation sites excluding steroid dienone is 2. The van der Waals surface area contributed by atoms with Gasteiger partial charge in [-0.25, -0.2) is 0 Å². The van der Waals surface area contributed by atoms with Crippen LogP contribution in [0.5, 0.6) is 11.5 Å². The standard InChI is InChI=1S/C22H24N2O3/c1-24(2)22(26)17-11-5-9-15-13-7-4-8-14(13)19(23-20(15)17)16-10-6-12-18(27-3)21(16)25/h4-7,9-14,19,23,25H,8H2,1-3H3. The highest BCUT2D eigenvalue weighted by atomic mass is 16.5. The van der Waals surface area contributed by atoms with Crippen LogP contribution in [0.4, 0.5) is 5.69 Å². The highest BCUT2D eigenvalue weighted by Gasteiger charge is 2.40. The van der Waals surface area contributed by atoms with Gasteiger partial charge in [-0.05, 0) is 30.0 Å². The maximum Gasteiger partial charge on any atom is 0.255 e. The molecule has 2 aromatic carbocycles. The minimum Gasteiger partial charge on any atom is -0.504 e. The molecule has 0 bridgehead atoms. The van der Waals surface area contributed by atoms with Crippen LogP contribution in [0.25, 0.3) is 0 Å². The maximum atomic E-state index is 12.7. The summed E-state index contributed by atoms with van der Waals surface area (Å²) in [6, 6.07) is 11.3. The van der Waals surface area contributed by atoms with Gasteiger partial charge in [-0.3, -0.25) is 4.79 Å². The van der Waals surface area contributed by atoms with E-state index in [9.17, 15) is 9.90 Å². The van der Waals surface area contributed by atoms with Crippen LogP contribution in [0.15, 0.2) is 48.6 Å². The molecule has 0 radical (unpaired) electrons. The Morgan fingerprint density at radius 2 is 1.93 bits per heavy atom. The average molecular weight is 364 g/mol. The SMILES string of the molecule is COc1cccc(C2Nc3c(C(=O)N(C)C)cccc3C3C=CCC32)c1O. The Morgan fingerprint density at radius 3 is 2.67 bits per heavy atom. The molecule has 1 amide bonds. The van der Waals surface area contributed by atoms with Crippen LogP contribution in [0.1, 0.15) is 39.9 Å². The number of nitrogens with one attached hydrogen (secondary N) is 1. The topological polar surface area (TPSA) is 61.8 Å². The summed E-state index contributed by atoms with van der Waals surface area (Å²) in [4.78, 5) is 14.3. The summed E-state index contributed by atoms with van der Waals surface area (Å²) in [5.41, 5.74) is 3.45. The minimum absolute atomic E-state index is 0.0339. The van der Waals surface area contributed by atoms with Crippen molar-refractivity contribution in [1.82, 2.24) is 4.90 Å². The Hall–Kier alpha value is -2.95. The Bertz CT molecular complexity index is 920. The smallest absolute Gasteiger partial charge is 0.255 e. The number of methoxy groups -OCH3 is 1. The fourth-order valence-electron chi connectivity index (χ4n) is 4.30. The van der Waals surface area contributed by atoms with Crippen molar-refractivity contribution in [2.45, 2.75) is 18.4 Å². The van der Waals surface area contributed by atoms with Gasteiger partial charge in [-0.2, -0.15) is 0 Å². The predicted molar refractivity (Wildman–Crippen MR) is 105 cm³/mol. The molecule has 2 N–H and O–H groups in total. The minimum atomic E-state index is -0.108. The fraction of sp³-hybridized carbons (Fsp3) is 0.318. The Morgan fingerprint density at radius 1 is 1.19 bits per heavy atom. The number of fused-ring (bicyclic) bond motifs is 3. The molecule has 1 heterocycles. The van der Waals surface area contributed by atoms with Crippen molar-refractivity contribution in [3.8, 4) is 11.5 Å². The number of phenolic OH excluding ortho intramolecular Hbond substituents is 1. The maximum absolute atomic E-state index is 12.7. The van der Waals surface area contributed by atoms with E-state index in [0.717, 1.165) is 23.2 Å². The van der Waals surface area contributed by atoms with E-state index in [2.05, 4.69) is 23.5 Å². The highest BCUT2D eigenvalue weighted by Crippen LogP contribution is 2.52. The molecule has 2 aliphatic rings. The van der Waals surface area contributed by atoms with Gasteiger partial charge in [-0.15, -0.1) is 0 Å². The van der Waals surface area contributed by atoms with Crippen molar-refractivity contribution < 1.29 is 14.6 Å². The first kappa shape index (κ1) is 17.5. The van der Waals surface area contributed by atoms with Crippen LogP contribution < -0.4 is 10.1 Å². The number of phenols is 1. The van der Waals surface area contributed by atoms with Gasteiger partial charge in [0.25, 0.3) is 5.91 Å². The van der Waals surface area contributed by atoms with E-state index >= 15 is 0 Å². The Balaban J connectivity index is 1.85. The Kier molecular flexibility index (Phi) is 4.30. The number of rotatable bonds is 3. The number of hydrogen-bond donors (Lipinski definition) is 2. The normalized spacial score (nSPS) is 22.6. The fourth-order valence-corrected chi connectivity index (χ4v) is 4.30. The van der Waals surface area contributed by atoms with Gasteiger partial charge in [0.1, 0.15) is 0 Å². The molecule has 4 rings (SSSR count). The number of ether oxygens (including phenoxy) is 1. The van der Waals surface area contributed by atoms with E-state index in [0.29, 0.717) is 11.3 Å². The molecular weight excluding hydrogens is 340 g/mol. The van der Waals surface area contributed by atoms with Crippen molar-refractivity contribution in [2.24, 2.45) is 5.92 Å². The summed E-state index contributed by atoms with van der Waals surface area (Å²) < 4.78 is 5.30. The molecular formula is C22H24N2O3. The zero-order valence-electron chi connectivity index (χ0n) is 15.8. The molecule has 0 aromatic heterocycles. The van der Waals surface area contributed by atoms with E-state index in [-0.39, 0.29) is 29.5 Å². The average Bonchev–Trinajstić information content (AvgIpc) is 3.17. The van der Waals surface area contributed by atoms with E-state index in [4.69, 9.17) is 4.74 Å². The second-order valence-corrected chi connectivity index (χ2v) is 7.34. The van der Waals surface area contributed by atoms with Gasteiger partial charge in [0.05, 0.1) is 24.4 Å². The van der Waals surface area contributed by atoms with Crippen molar-refractivity contribution in [1.29, 1.82) is 0 Å². The summed E-state index contributed by atoms with van der Waals surface area (Å²) in [7, 11) is 5.07. The van der Waals surface area contributed by atoms with E-state index in [1.807, 2.05) is 24.3 Å². The Labute approximate surface area is 159 Å². The van der Waals surface area contributed by atoms with E-state index in [1.54, 1.807) is 32.2 Å². The molecule has 1 aliphatic carbocycles. The summed E-state index contributed by atoms with van der Waals surface area (Å²) >= 11 is 0. The molecule has 5 nitrogen and oxygen atoms in total. The highest BCUT2D eigenvalue weighted by molar-refractivity contribution is 6.00. The number of amides is 1. The second kappa shape index (κ2) is 6.65. The van der Waals surface area contributed by atoms with Crippen LogP contribution in [-0.4, -0.2) is 37.1 Å². The zero-order chi connectivity index (χ0) is 19.1. The molecule has 3 atom stereocenters. The number of nitrogens with zero attached hydrogens (tertiary/aromatic N) is 1.